The summed E-state index contributed by atoms with van der Waals surface area (Å²) in [6, 6.07) is 20.0. The SMILES string of the molecule is CC(=CC(=O)O)c1ccc2c(ccn2C(c2ccc(F)cc2)c2ccc(F)cc2)c1. The Morgan fingerprint density at radius 3 is 2.00 bits per heavy atom. The zero-order valence-electron chi connectivity index (χ0n) is 16.2. The van der Waals surface area contributed by atoms with Gasteiger partial charge in [-0.25, -0.2) is 13.6 Å². The molecule has 30 heavy (non-hydrogen) atoms. The largest absolute Gasteiger partial charge is 0.478 e. The lowest BCUT2D eigenvalue weighted by Gasteiger charge is -2.22. The average Bonchev–Trinajstić information content (AvgIpc) is 3.13. The van der Waals surface area contributed by atoms with Gasteiger partial charge in [0.15, 0.2) is 0 Å². The van der Waals surface area contributed by atoms with Gasteiger partial charge < -0.3 is 9.67 Å². The minimum Gasteiger partial charge on any atom is -0.478 e. The number of carboxylic acid groups (broad SMARTS) is 1. The molecule has 0 aliphatic carbocycles. The van der Waals surface area contributed by atoms with Crippen LogP contribution in [0.1, 0.15) is 29.7 Å². The number of allylic oxidation sites excluding steroid dienone is 1. The molecule has 5 heteroatoms. The number of carbonyl (C=O) groups is 1. The van der Waals surface area contributed by atoms with Crippen molar-refractivity contribution in [1.82, 2.24) is 4.57 Å². The van der Waals surface area contributed by atoms with E-state index in [1.54, 1.807) is 31.2 Å². The van der Waals surface area contributed by atoms with E-state index in [1.165, 1.54) is 30.3 Å². The molecular formula is C25H19F2NO2. The Morgan fingerprint density at radius 2 is 1.47 bits per heavy atom. The van der Waals surface area contributed by atoms with Gasteiger partial charge in [-0.05, 0) is 71.7 Å². The number of benzene rings is 3. The molecule has 0 saturated heterocycles. The van der Waals surface area contributed by atoms with Crippen LogP contribution in [0.2, 0.25) is 0 Å². The van der Waals surface area contributed by atoms with Gasteiger partial charge in [0.25, 0.3) is 0 Å². The van der Waals surface area contributed by atoms with Crippen LogP contribution in [0.3, 0.4) is 0 Å². The molecule has 4 aromatic rings. The Kier molecular flexibility index (Phi) is 5.19. The Labute approximate surface area is 172 Å². The first-order valence-corrected chi connectivity index (χ1v) is 9.45. The van der Waals surface area contributed by atoms with E-state index in [9.17, 15) is 13.6 Å². The molecule has 3 nitrogen and oxygen atoms in total. The summed E-state index contributed by atoms with van der Waals surface area (Å²) in [6.07, 6.45) is 3.11. The Bertz CT molecular complexity index is 1190. The van der Waals surface area contributed by atoms with Crippen molar-refractivity contribution in [3.63, 3.8) is 0 Å². The summed E-state index contributed by atoms with van der Waals surface area (Å²) in [5, 5.41) is 9.94. The number of hydrogen-bond donors (Lipinski definition) is 1. The topological polar surface area (TPSA) is 42.2 Å². The maximum atomic E-state index is 13.5. The number of aliphatic carboxylic acids is 1. The van der Waals surface area contributed by atoms with Crippen molar-refractivity contribution in [2.24, 2.45) is 0 Å². The molecule has 0 fully saturated rings. The normalized spacial score (nSPS) is 11.9. The molecule has 1 heterocycles. The molecule has 0 aliphatic rings. The van der Waals surface area contributed by atoms with Gasteiger partial charge in [0.2, 0.25) is 0 Å². The molecule has 1 aromatic heterocycles. The summed E-state index contributed by atoms with van der Waals surface area (Å²) < 4.78 is 29.1. The molecule has 0 aliphatic heterocycles. The summed E-state index contributed by atoms with van der Waals surface area (Å²) in [6.45, 7) is 1.76. The third-order valence-electron chi connectivity index (χ3n) is 5.17. The number of aromatic nitrogens is 1. The van der Waals surface area contributed by atoms with E-state index in [4.69, 9.17) is 5.11 Å². The molecule has 4 rings (SSSR count). The lowest BCUT2D eigenvalue weighted by Crippen LogP contribution is -2.11. The van der Waals surface area contributed by atoms with Crippen LogP contribution in [0, 0.1) is 11.6 Å². The van der Waals surface area contributed by atoms with E-state index in [-0.39, 0.29) is 17.7 Å². The molecule has 150 valence electrons. The third kappa shape index (κ3) is 3.87. The predicted molar refractivity (Wildman–Crippen MR) is 113 cm³/mol. The van der Waals surface area contributed by atoms with Crippen molar-refractivity contribution in [3.05, 3.63) is 113 Å². The van der Waals surface area contributed by atoms with E-state index in [0.29, 0.717) is 5.57 Å². The fourth-order valence-electron chi connectivity index (χ4n) is 3.71. The van der Waals surface area contributed by atoms with Crippen LogP contribution in [0.15, 0.2) is 85.1 Å². The van der Waals surface area contributed by atoms with Gasteiger partial charge in [0, 0.05) is 23.2 Å². The summed E-state index contributed by atoms with van der Waals surface area (Å²) >= 11 is 0. The lowest BCUT2D eigenvalue weighted by molar-refractivity contribution is -0.131. The zero-order chi connectivity index (χ0) is 21.3. The fourth-order valence-corrected chi connectivity index (χ4v) is 3.71. The fraction of sp³-hybridized carbons (Fsp3) is 0.0800. The van der Waals surface area contributed by atoms with Gasteiger partial charge in [-0.3, -0.25) is 0 Å². The Balaban J connectivity index is 1.85. The molecule has 3 aromatic carbocycles. The van der Waals surface area contributed by atoms with Crippen molar-refractivity contribution in [2.45, 2.75) is 13.0 Å². The third-order valence-corrected chi connectivity index (χ3v) is 5.17. The standard InChI is InChI=1S/C25H19F2NO2/c1-16(14-24(29)30)19-6-11-23-20(15-19)12-13-28(23)25(17-2-7-21(26)8-3-17)18-4-9-22(27)10-5-18/h2-15,25H,1H3,(H,29,30). The van der Waals surface area contributed by atoms with Crippen molar-refractivity contribution >= 4 is 22.4 Å². The number of carboxylic acids is 1. The molecule has 0 atom stereocenters. The van der Waals surface area contributed by atoms with Crippen LogP contribution in [0.5, 0.6) is 0 Å². The van der Waals surface area contributed by atoms with Crippen LogP contribution < -0.4 is 0 Å². The first kappa shape index (κ1) is 19.6. The zero-order valence-corrected chi connectivity index (χ0v) is 16.2. The van der Waals surface area contributed by atoms with E-state index in [2.05, 4.69) is 4.57 Å². The van der Waals surface area contributed by atoms with Crippen LogP contribution in [-0.2, 0) is 4.79 Å². The highest BCUT2D eigenvalue weighted by molar-refractivity contribution is 5.92. The number of fused-ring (bicyclic) bond motifs is 1. The molecule has 1 N–H and O–H groups in total. The molecule has 0 bridgehead atoms. The van der Waals surface area contributed by atoms with Gasteiger partial charge in [0.05, 0.1) is 6.04 Å². The predicted octanol–water partition coefficient (Wildman–Crippen LogP) is 6.05. The van der Waals surface area contributed by atoms with Gasteiger partial charge in [0.1, 0.15) is 11.6 Å². The second kappa shape index (κ2) is 7.95. The Morgan fingerprint density at radius 1 is 0.900 bits per heavy atom. The minimum atomic E-state index is -0.988. The Hall–Kier alpha value is -3.73. The van der Waals surface area contributed by atoms with Gasteiger partial charge in [-0.2, -0.15) is 0 Å². The monoisotopic (exact) mass is 403 g/mol. The molecule has 0 radical (unpaired) electrons. The van der Waals surface area contributed by atoms with E-state index < -0.39 is 5.97 Å². The maximum absolute atomic E-state index is 13.5. The van der Waals surface area contributed by atoms with Gasteiger partial charge in [-0.15, -0.1) is 0 Å². The number of nitrogens with zero attached hydrogens (tertiary/aromatic N) is 1. The van der Waals surface area contributed by atoms with E-state index >= 15 is 0 Å². The number of halogens is 2. The molecule has 0 saturated carbocycles. The molecule has 0 spiro atoms. The summed E-state index contributed by atoms with van der Waals surface area (Å²) in [4.78, 5) is 11.0. The molecule has 0 amide bonds. The van der Waals surface area contributed by atoms with Gasteiger partial charge >= 0.3 is 5.97 Å². The first-order valence-electron chi connectivity index (χ1n) is 9.45. The van der Waals surface area contributed by atoms with Crippen molar-refractivity contribution in [1.29, 1.82) is 0 Å². The number of rotatable bonds is 5. The van der Waals surface area contributed by atoms with Gasteiger partial charge in [-0.1, -0.05) is 30.3 Å². The maximum Gasteiger partial charge on any atom is 0.328 e. The molecular weight excluding hydrogens is 384 g/mol. The smallest absolute Gasteiger partial charge is 0.328 e. The van der Waals surface area contributed by atoms with Crippen LogP contribution in [-0.4, -0.2) is 15.6 Å². The van der Waals surface area contributed by atoms with E-state index in [1.807, 2.05) is 30.5 Å². The van der Waals surface area contributed by atoms with Crippen molar-refractivity contribution in [2.75, 3.05) is 0 Å². The highest BCUT2D eigenvalue weighted by atomic mass is 19.1. The minimum absolute atomic E-state index is 0.273. The summed E-state index contributed by atoms with van der Waals surface area (Å²) in [5.41, 5.74) is 4.15. The van der Waals surface area contributed by atoms with Crippen molar-refractivity contribution < 1.29 is 18.7 Å². The molecule has 0 unspecified atom stereocenters. The summed E-state index contributed by atoms with van der Waals surface area (Å²) in [7, 11) is 0. The van der Waals surface area contributed by atoms with Crippen LogP contribution >= 0.6 is 0 Å². The highest BCUT2D eigenvalue weighted by Gasteiger charge is 2.18. The van der Waals surface area contributed by atoms with Crippen LogP contribution in [0.25, 0.3) is 16.5 Å². The summed E-state index contributed by atoms with van der Waals surface area (Å²) in [5.74, 6) is -1.63. The first-order chi connectivity index (χ1) is 14.4. The highest BCUT2D eigenvalue weighted by Crippen LogP contribution is 2.32. The lowest BCUT2D eigenvalue weighted by atomic mass is 9.98. The second-order valence-corrected chi connectivity index (χ2v) is 7.17. The quantitative estimate of drug-likeness (QED) is 0.413. The van der Waals surface area contributed by atoms with E-state index in [0.717, 1.165) is 27.6 Å². The number of hydrogen-bond acceptors (Lipinski definition) is 1. The second-order valence-electron chi connectivity index (χ2n) is 7.17. The average molecular weight is 403 g/mol. The van der Waals surface area contributed by atoms with Crippen LogP contribution in [0.4, 0.5) is 8.78 Å². The van der Waals surface area contributed by atoms with Crippen molar-refractivity contribution in [3.8, 4) is 0 Å².